The van der Waals surface area contributed by atoms with Crippen LogP contribution in [-0.4, -0.2) is 43.7 Å². The summed E-state index contributed by atoms with van der Waals surface area (Å²) >= 11 is 1.50. The topological polar surface area (TPSA) is 66.6 Å². The van der Waals surface area contributed by atoms with Crippen molar-refractivity contribution in [3.63, 3.8) is 0 Å². The first-order valence-electron chi connectivity index (χ1n) is 6.43. The van der Waals surface area contributed by atoms with Crippen LogP contribution in [0.4, 0.5) is 0 Å². The standard InChI is InChI=1S/C13H21N3O2S2/c1-4-16(5-2)20(17,18)15(3)10-12-9-13(19-11-12)7-6-8-14/h9,11H,4-5,8,10,14H2,1-3H3. The molecule has 0 saturated carbocycles. The Bertz CT molecular complexity index is 580. The maximum Gasteiger partial charge on any atom is 0.282 e. The van der Waals surface area contributed by atoms with Gasteiger partial charge in [0, 0.05) is 26.7 Å². The van der Waals surface area contributed by atoms with Gasteiger partial charge in [0.05, 0.1) is 11.4 Å². The molecule has 0 aliphatic carbocycles. The van der Waals surface area contributed by atoms with Gasteiger partial charge in [-0.2, -0.15) is 17.0 Å². The number of nitrogens with zero attached hydrogens (tertiary/aromatic N) is 2. The summed E-state index contributed by atoms with van der Waals surface area (Å²) < 4.78 is 27.4. The van der Waals surface area contributed by atoms with Crippen molar-refractivity contribution in [2.75, 3.05) is 26.7 Å². The molecule has 7 heteroatoms. The van der Waals surface area contributed by atoms with Crippen LogP contribution in [0.1, 0.15) is 24.3 Å². The molecule has 0 spiro atoms. The van der Waals surface area contributed by atoms with Crippen LogP contribution < -0.4 is 5.73 Å². The average Bonchev–Trinajstić information content (AvgIpc) is 2.85. The van der Waals surface area contributed by atoms with Gasteiger partial charge in [-0.05, 0) is 17.0 Å². The molecule has 0 atom stereocenters. The van der Waals surface area contributed by atoms with Crippen LogP contribution in [0.2, 0.25) is 0 Å². The normalized spacial score (nSPS) is 11.7. The number of nitrogens with two attached hydrogens (primary N) is 1. The number of hydrogen-bond donors (Lipinski definition) is 1. The molecule has 2 N–H and O–H groups in total. The largest absolute Gasteiger partial charge is 0.320 e. The Morgan fingerprint density at radius 1 is 1.35 bits per heavy atom. The number of thiophene rings is 1. The van der Waals surface area contributed by atoms with Crippen molar-refractivity contribution < 1.29 is 8.42 Å². The third-order valence-electron chi connectivity index (χ3n) is 2.80. The highest BCUT2D eigenvalue weighted by Gasteiger charge is 2.24. The molecule has 0 saturated heterocycles. The molecule has 1 rings (SSSR count). The van der Waals surface area contributed by atoms with E-state index >= 15 is 0 Å². The first-order chi connectivity index (χ1) is 9.45. The summed E-state index contributed by atoms with van der Waals surface area (Å²) in [6, 6.07) is 1.90. The SMILES string of the molecule is CCN(CC)S(=O)(=O)N(C)Cc1csc(C#CCN)c1. The van der Waals surface area contributed by atoms with Crippen LogP contribution in [0, 0.1) is 11.8 Å². The highest BCUT2D eigenvalue weighted by atomic mass is 32.2. The van der Waals surface area contributed by atoms with E-state index in [9.17, 15) is 8.42 Å². The molecular weight excluding hydrogens is 294 g/mol. The molecule has 1 aromatic heterocycles. The van der Waals surface area contributed by atoms with Gasteiger partial charge in [0.25, 0.3) is 10.2 Å². The Kier molecular flexibility index (Phi) is 6.65. The van der Waals surface area contributed by atoms with E-state index in [1.165, 1.54) is 19.9 Å². The first kappa shape index (κ1) is 17.1. The molecule has 0 amide bonds. The lowest BCUT2D eigenvalue weighted by atomic mass is 10.3. The monoisotopic (exact) mass is 315 g/mol. The molecule has 0 aliphatic heterocycles. The van der Waals surface area contributed by atoms with Crippen molar-refractivity contribution >= 4 is 21.5 Å². The summed E-state index contributed by atoms with van der Waals surface area (Å²) in [5.74, 6) is 5.73. The Labute approximate surface area is 125 Å². The maximum atomic E-state index is 12.3. The Morgan fingerprint density at radius 2 is 2.00 bits per heavy atom. The van der Waals surface area contributed by atoms with E-state index in [4.69, 9.17) is 5.73 Å². The summed E-state index contributed by atoms with van der Waals surface area (Å²) in [5.41, 5.74) is 6.26. The highest BCUT2D eigenvalue weighted by Crippen LogP contribution is 2.17. The third kappa shape index (κ3) is 4.30. The van der Waals surface area contributed by atoms with Crippen LogP contribution in [0.25, 0.3) is 0 Å². The van der Waals surface area contributed by atoms with Gasteiger partial charge in [-0.1, -0.05) is 25.7 Å². The molecule has 0 radical (unpaired) electrons. The smallest absolute Gasteiger partial charge is 0.282 e. The van der Waals surface area contributed by atoms with Crippen molar-refractivity contribution in [2.24, 2.45) is 5.73 Å². The van der Waals surface area contributed by atoms with E-state index in [1.54, 1.807) is 7.05 Å². The van der Waals surface area contributed by atoms with Gasteiger partial charge in [-0.25, -0.2) is 0 Å². The van der Waals surface area contributed by atoms with E-state index in [0.29, 0.717) is 26.2 Å². The summed E-state index contributed by atoms with van der Waals surface area (Å²) in [5, 5.41) is 1.93. The van der Waals surface area contributed by atoms with E-state index in [-0.39, 0.29) is 0 Å². The highest BCUT2D eigenvalue weighted by molar-refractivity contribution is 7.86. The van der Waals surface area contributed by atoms with Gasteiger partial charge in [0.2, 0.25) is 0 Å². The van der Waals surface area contributed by atoms with E-state index in [0.717, 1.165) is 10.4 Å². The molecule has 0 bridgehead atoms. The van der Waals surface area contributed by atoms with Gasteiger partial charge in [0.15, 0.2) is 0 Å². The van der Waals surface area contributed by atoms with Crippen LogP contribution in [0.15, 0.2) is 11.4 Å². The van der Waals surface area contributed by atoms with Gasteiger partial charge in [-0.3, -0.25) is 0 Å². The fourth-order valence-electron chi connectivity index (χ4n) is 1.75. The second kappa shape index (κ2) is 7.76. The number of rotatable bonds is 6. The Morgan fingerprint density at radius 3 is 2.55 bits per heavy atom. The number of hydrogen-bond acceptors (Lipinski definition) is 4. The van der Waals surface area contributed by atoms with E-state index in [2.05, 4.69) is 11.8 Å². The quantitative estimate of drug-likeness (QED) is 0.799. The molecule has 1 heterocycles. The van der Waals surface area contributed by atoms with Crippen molar-refractivity contribution in [1.29, 1.82) is 0 Å². The van der Waals surface area contributed by atoms with Gasteiger partial charge in [0.1, 0.15) is 0 Å². The molecule has 20 heavy (non-hydrogen) atoms. The summed E-state index contributed by atoms with van der Waals surface area (Å²) in [4.78, 5) is 0.902. The van der Waals surface area contributed by atoms with Gasteiger partial charge in [-0.15, -0.1) is 11.3 Å². The van der Waals surface area contributed by atoms with Crippen molar-refractivity contribution in [2.45, 2.75) is 20.4 Å². The second-order valence-corrected chi connectivity index (χ2v) is 7.12. The minimum atomic E-state index is -3.39. The summed E-state index contributed by atoms with van der Waals surface area (Å²) in [6.45, 7) is 5.28. The first-order valence-corrected chi connectivity index (χ1v) is 8.71. The molecule has 1 aromatic rings. The Hall–Kier alpha value is -0.910. The lowest BCUT2D eigenvalue weighted by Gasteiger charge is -2.25. The average molecular weight is 315 g/mol. The second-order valence-electron chi connectivity index (χ2n) is 4.17. The minimum absolute atomic E-state index is 0.323. The molecule has 0 aliphatic rings. The fraction of sp³-hybridized carbons (Fsp3) is 0.538. The fourth-order valence-corrected chi connectivity index (χ4v) is 3.88. The summed E-state index contributed by atoms with van der Waals surface area (Å²) in [7, 11) is -1.80. The lowest BCUT2D eigenvalue weighted by molar-refractivity contribution is 0.375. The van der Waals surface area contributed by atoms with E-state index in [1.807, 2.05) is 25.3 Å². The lowest BCUT2D eigenvalue weighted by Crippen LogP contribution is -2.41. The molecule has 5 nitrogen and oxygen atoms in total. The Balaban J connectivity index is 2.80. The maximum absolute atomic E-state index is 12.3. The van der Waals surface area contributed by atoms with Crippen molar-refractivity contribution in [3.8, 4) is 11.8 Å². The molecule has 0 fully saturated rings. The van der Waals surface area contributed by atoms with Crippen LogP contribution in [0.5, 0.6) is 0 Å². The van der Waals surface area contributed by atoms with Crippen LogP contribution in [0.3, 0.4) is 0 Å². The van der Waals surface area contributed by atoms with Gasteiger partial charge < -0.3 is 5.73 Å². The zero-order valence-electron chi connectivity index (χ0n) is 12.1. The van der Waals surface area contributed by atoms with E-state index < -0.39 is 10.2 Å². The zero-order chi connectivity index (χ0) is 15.2. The molecule has 0 aromatic carbocycles. The van der Waals surface area contributed by atoms with Crippen LogP contribution >= 0.6 is 11.3 Å². The molecule has 0 unspecified atom stereocenters. The molecular formula is C13H21N3O2S2. The van der Waals surface area contributed by atoms with Crippen LogP contribution in [-0.2, 0) is 16.8 Å². The third-order valence-corrected chi connectivity index (χ3v) is 5.78. The van der Waals surface area contributed by atoms with Crippen molar-refractivity contribution in [1.82, 2.24) is 8.61 Å². The predicted octanol–water partition coefficient (Wildman–Crippen LogP) is 1.08. The minimum Gasteiger partial charge on any atom is -0.320 e. The van der Waals surface area contributed by atoms with Crippen molar-refractivity contribution in [3.05, 3.63) is 21.9 Å². The van der Waals surface area contributed by atoms with Gasteiger partial charge >= 0.3 is 0 Å². The molecule has 112 valence electrons. The summed E-state index contributed by atoms with van der Waals surface area (Å²) in [6.07, 6.45) is 0. The zero-order valence-corrected chi connectivity index (χ0v) is 13.7. The predicted molar refractivity (Wildman–Crippen MR) is 83.6 cm³/mol.